The van der Waals surface area contributed by atoms with E-state index in [0.29, 0.717) is 6.04 Å². The summed E-state index contributed by atoms with van der Waals surface area (Å²) in [6.45, 7) is 5.48. The van der Waals surface area contributed by atoms with Gasteiger partial charge in [0.1, 0.15) is 0 Å². The van der Waals surface area contributed by atoms with Gasteiger partial charge in [-0.3, -0.25) is 0 Å². The lowest BCUT2D eigenvalue weighted by atomic mass is 10.1. The molecular weight excluding hydrogens is 228 g/mol. The van der Waals surface area contributed by atoms with Crippen LogP contribution in [-0.2, 0) is 6.54 Å². The van der Waals surface area contributed by atoms with Crippen molar-refractivity contribution in [1.29, 1.82) is 0 Å². The lowest BCUT2D eigenvalue weighted by molar-refractivity contribution is 0.292. The normalized spacial score (nSPS) is 20.8. The molecule has 1 aliphatic heterocycles. The first-order valence-electron chi connectivity index (χ1n) is 6.29. The van der Waals surface area contributed by atoms with Crippen LogP contribution in [0.2, 0.25) is 0 Å². The van der Waals surface area contributed by atoms with Crippen molar-refractivity contribution in [2.24, 2.45) is 0 Å². The Labute approximate surface area is 109 Å². The Hall–Kier alpha value is -0.510. The van der Waals surface area contributed by atoms with Crippen molar-refractivity contribution < 1.29 is 0 Å². The van der Waals surface area contributed by atoms with Crippen molar-refractivity contribution in [2.75, 3.05) is 31.6 Å². The molecular formula is C14H22N2S. The quantitative estimate of drug-likeness (QED) is 0.881. The van der Waals surface area contributed by atoms with Crippen molar-refractivity contribution in [2.45, 2.75) is 19.5 Å². The van der Waals surface area contributed by atoms with Gasteiger partial charge in [0.05, 0.1) is 0 Å². The van der Waals surface area contributed by atoms with Crippen LogP contribution in [0.25, 0.3) is 0 Å². The Balaban J connectivity index is 1.79. The Morgan fingerprint density at radius 3 is 2.76 bits per heavy atom. The molecule has 0 radical (unpaired) electrons. The van der Waals surface area contributed by atoms with E-state index in [1.165, 1.54) is 22.6 Å². The molecule has 2 rings (SSSR count). The monoisotopic (exact) mass is 250 g/mol. The highest BCUT2D eigenvalue weighted by Crippen LogP contribution is 2.10. The van der Waals surface area contributed by atoms with Crippen LogP contribution in [0.3, 0.4) is 0 Å². The Morgan fingerprint density at radius 1 is 1.35 bits per heavy atom. The molecule has 94 valence electrons. The average Bonchev–Trinajstić information content (AvgIpc) is 2.33. The number of rotatable bonds is 4. The molecule has 1 saturated heterocycles. The second-order valence-electron chi connectivity index (χ2n) is 4.91. The number of benzene rings is 1. The van der Waals surface area contributed by atoms with E-state index >= 15 is 0 Å². The molecule has 17 heavy (non-hydrogen) atoms. The zero-order valence-electron chi connectivity index (χ0n) is 10.8. The van der Waals surface area contributed by atoms with E-state index in [9.17, 15) is 0 Å². The van der Waals surface area contributed by atoms with E-state index in [2.05, 4.69) is 60.2 Å². The minimum absolute atomic E-state index is 0.657. The maximum atomic E-state index is 3.58. The van der Waals surface area contributed by atoms with Crippen molar-refractivity contribution in [3.05, 3.63) is 35.4 Å². The second-order valence-corrected chi connectivity index (χ2v) is 6.06. The molecule has 1 atom stereocenters. The summed E-state index contributed by atoms with van der Waals surface area (Å²) in [6.07, 6.45) is 0. The first kappa shape index (κ1) is 12.9. The molecule has 1 aromatic carbocycles. The zero-order chi connectivity index (χ0) is 12.1. The number of hydrogen-bond donors (Lipinski definition) is 1. The molecule has 1 aliphatic rings. The van der Waals surface area contributed by atoms with Gasteiger partial charge in [0, 0.05) is 37.2 Å². The molecule has 2 nitrogen and oxygen atoms in total. The molecule has 0 saturated carbocycles. The summed E-state index contributed by atoms with van der Waals surface area (Å²) in [5, 5.41) is 3.58. The largest absolute Gasteiger partial charge is 0.311 e. The SMILES string of the molecule is Cc1ccc(CN(C)CC2CSCCN2)cc1. The third kappa shape index (κ3) is 4.34. The predicted octanol–water partition coefficient (Wildman–Crippen LogP) is 2.13. The van der Waals surface area contributed by atoms with Gasteiger partial charge in [-0.15, -0.1) is 0 Å². The topological polar surface area (TPSA) is 15.3 Å². The third-order valence-corrected chi connectivity index (χ3v) is 4.23. The summed E-state index contributed by atoms with van der Waals surface area (Å²) in [7, 11) is 2.21. The smallest absolute Gasteiger partial charge is 0.0285 e. The molecule has 1 fully saturated rings. The van der Waals surface area contributed by atoms with Crippen molar-refractivity contribution >= 4 is 11.8 Å². The highest BCUT2D eigenvalue weighted by Gasteiger charge is 2.14. The second kappa shape index (κ2) is 6.43. The Bertz CT molecular complexity index is 331. The van der Waals surface area contributed by atoms with Crippen molar-refractivity contribution in [1.82, 2.24) is 10.2 Å². The van der Waals surface area contributed by atoms with Gasteiger partial charge in [-0.1, -0.05) is 29.8 Å². The van der Waals surface area contributed by atoms with Crippen LogP contribution in [0.1, 0.15) is 11.1 Å². The highest BCUT2D eigenvalue weighted by atomic mass is 32.2. The molecule has 0 bridgehead atoms. The number of hydrogen-bond acceptors (Lipinski definition) is 3. The first-order valence-corrected chi connectivity index (χ1v) is 7.45. The highest BCUT2D eigenvalue weighted by molar-refractivity contribution is 7.99. The van der Waals surface area contributed by atoms with Gasteiger partial charge < -0.3 is 10.2 Å². The first-order chi connectivity index (χ1) is 8.24. The van der Waals surface area contributed by atoms with Crippen LogP contribution < -0.4 is 5.32 Å². The summed E-state index contributed by atoms with van der Waals surface area (Å²) in [5.74, 6) is 2.51. The zero-order valence-corrected chi connectivity index (χ0v) is 11.6. The van der Waals surface area contributed by atoms with Gasteiger partial charge in [-0.05, 0) is 19.5 Å². The van der Waals surface area contributed by atoms with E-state index in [-0.39, 0.29) is 0 Å². The minimum Gasteiger partial charge on any atom is -0.311 e. The minimum atomic E-state index is 0.657. The number of nitrogens with zero attached hydrogens (tertiary/aromatic N) is 1. The molecule has 1 heterocycles. The lowest BCUT2D eigenvalue weighted by Crippen LogP contribution is -2.44. The van der Waals surface area contributed by atoms with Crippen molar-refractivity contribution in [3.63, 3.8) is 0 Å². The Morgan fingerprint density at radius 2 is 2.12 bits per heavy atom. The predicted molar refractivity (Wildman–Crippen MR) is 76.6 cm³/mol. The van der Waals surface area contributed by atoms with Gasteiger partial charge in [-0.25, -0.2) is 0 Å². The summed E-state index contributed by atoms with van der Waals surface area (Å²) < 4.78 is 0. The van der Waals surface area contributed by atoms with E-state index in [1.807, 2.05) is 0 Å². The number of aryl methyl sites for hydroxylation is 1. The Kier molecular flexibility index (Phi) is 4.89. The summed E-state index contributed by atoms with van der Waals surface area (Å²) >= 11 is 2.06. The van der Waals surface area contributed by atoms with Gasteiger partial charge in [0.15, 0.2) is 0 Å². The fourth-order valence-electron chi connectivity index (χ4n) is 2.18. The van der Waals surface area contributed by atoms with E-state index in [1.54, 1.807) is 0 Å². The fourth-order valence-corrected chi connectivity index (χ4v) is 3.12. The van der Waals surface area contributed by atoms with Gasteiger partial charge in [0.25, 0.3) is 0 Å². The van der Waals surface area contributed by atoms with Gasteiger partial charge in [-0.2, -0.15) is 11.8 Å². The van der Waals surface area contributed by atoms with Crippen LogP contribution in [0, 0.1) is 6.92 Å². The maximum Gasteiger partial charge on any atom is 0.0285 e. The van der Waals surface area contributed by atoms with Crippen LogP contribution in [0.15, 0.2) is 24.3 Å². The number of thioether (sulfide) groups is 1. The number of nitrogens with one attached hydrogen (secondary N) is 1. The lowest BCUT2D eigenvalue weighted by Gasteiger charge is -2.27. The molecule has 0 spiro atoms. The third-order valence-electron chi connectivity index (χ3n) is 3.10. The molecule has 0 aliphatic carbocycles. The van der Waals surface area contributed by atoms with Crippen LogP contribution >= 0.6 is 11.8 Å². The van der Waals surface area contributed by atoms with Crippen molar-refractivity contribution in [3.8, 4) is 0 Å². The van der Waals surface area contributed by atoms with Gasteiger partial charge in [0.2, 0.25) is 0 Å². The summed E-state index contributed by atoms with van der Waals surface area (Å²) in [5.41, 5.74) is 2.74. The molecule has 1 N–H and O–H groups in total. The maximum absolute atomic E-state index is 3.58. The molecule has 3 heteroatoms. The van der Waals surface area contributed by atoms with E-state index in [4.69, 9.17) is 0 Å². The van der Waals surface area contributed by atoms with E-state index < -0.39 is 0 Å². The van der Waals surface area contributed by atoms with Crippen LogP contribution in [0.5, 0.6) is 0 Å². The van der Waals surface area contributed by atoms with Gasteiger partial charge >= 0.3 is 0 Å². The molecule has 1 aromatic rings. The number of likely N-dealkylation sites (N-methyl/N-ethyl adjacent to an activating group) is 1. The summed E-state index contributed by atoms with van der Waals surface area (Å²) in [4.78, 5) is 2.41. The van der Waals surface area contributed by atoms with Crippen LogP contribution in [0.4, 0.5) is 0 Å². The molecule has 0 aromatic heterocycles. The standard InChI is InChI=1S/C14H22N2S/c1-12-3-5-13(6-4-12)9-16(2)10-14-11-17-8-7-15-14/h3-6,14-15H,7-11H2,1-2H3. The molecule has 1 unspecified atom stereocenters. The van der Waals surface area contributed by atoms with Crippen LogP contribution in [-0.4, -0.2) is 42.6 Å². The molecule has 0 amide bonds. The average molecular weight is 250 g/mol. The fraction of sp³-hybridized carbons (Fsp3) is 0.571. The summed E-state index contributed by atoms with van der Waals surface area (Å²) in [6, 6.07) is 9.50. The van der Waals surface area contributed by atoms with E-state index in [0.717, 1.165) is 19.6 Å².